The average molecular weight is 198 g/mol. The fourth-order valence-corrected chi connectivity index (χ4v) is 2.05. The van der Waals surface area contributed by atoms with E-state index in [0.717, 1.165) is 19.6 Å². The van der Waals surface area contributed by atoms with Crippen LogP contribution in [-0.2, 0) is 4.74 Å². The molecular weight excluding hydrogens is 180 g/mol. The molecule has 2 heterocycles. The van der Waals surface area contributed by atoms with Crippen LogP contribution in [0, 0.1) is 5.92 Å². The van der Waals surface area contributed by atoms with E-state index >= 15 is 0 Å². The number of hydrogen-bond donors (Lipinski definition) is 0. The maximum atomic E-state index is 11.7. The highest BCUT2D eigenvalue weighted by Gasteiger charge is 2.40. The summed E-state index contributed by atoms with van der Waals surface area (Å²) in [4.78, 5) is 11.7. The Morgan fingerprint density at radius 3 is 2.50 bits per heavy atom. The van der Waals surface area contributed by atoms with Gasteiger partial charge in [-0.1, -0.05) is 0 Å². The summed E-state index contributed by atoms with van der Waals surface area (Å²) in [6, 6.07) is 0. The average Bonchev–Trinajstić information content (AvgIpc) is 2.59. The number of nitrogens with zero attached hydrogens (tertiary/aromatic N) is 2. The number of ether oxygens (including phenoxy) is 1. The zero-order chi connectivity index (χ0) is 10.3. The molecule has 1 amide bonds. The van der Waals surface area contributed by atoms with E-state index in [2.05, 4.69) is 5.01 Å². The lowest BCUT2D eigenvalue weighted by Crippen LogP contribution is -2.45. The third-order valence-electron chi connectivity index (χ3n) is 2.64. The van der Waals surface area contributed by atoms with Gasteiger partial charge in [-0.3, -0.25) is 0 Å². The molecule has 0 spiro atoms. The number of hydrazine groups is 1. The van der Waals surface area contributed by atoms with Gasteiger partial charge >= 0.3 is 6.09 Å². The molecule has 2 aliphatic rings. The zero-order valence-corrected chi connectivity index (χ0v) is 9.12. The van der Waals surface area contributed by atoms with Gasteiger partial charge in [0.25, 0.3) is 0 Å². The first-order valence-corrected chi connectivity index (χ1v) is 5.21. The molecule has 2 bridgehead atoms. The van der Waals surface area contributed by atoms with Crippen LogP contribution in [0.2, 0.25) is 0 Å². The first-order valence-electron chi connectivity index (χ1n) is 5.21. The van der Waals surface area contributed by atoms with Crippen LogP contribution in [0.15, 0.2) is 0 Å². The quantitative estimate of drug-likeness (QED) is 0.591. The van der Waals surface area contributed by atoms with E-state index in [1.807, 2.05) is 20.8 Å². The van der Waals surface area contributed by atoms with Crippen molar-refractivity contribution in [1.29, 1.82) is 0 Å². The van der Waals surface area contributed by atoms with Crippen LogP contribution in [-0.4, -0.2) is 41.3 Å². The van der Waals surface area contributed by atoms with Gasteiger partial charge < -0.3 is 4.74 Å². The van der Waals surface area contributed by atoms with Gasteiger partial charge in [0.05, 0.1) is 0 Å². The maximum Gasteiger partial charge on any atom is 0.424 e. The van der Waals surface area contributed by atoms with Gasteiger partial charge in [-0.25, -0.2) is 14.8 Å². The van der Waals surface area contributed by atoms with E-state index in [0.29, 0.717) is 5.92 Å². The standard InChI is InChI=1S/C10H18N2O2/c1-10(2,3)14-9(13)12-7-8-4-5-11(12)6-8/h8H,4-7H2,1-3H3/t8-/m0/s1. The van der Waals surface area contributed by atoms with Gasteiger partial charge in [-0.2, -0.15) is 0 Å². The summed E-state index contributed by atoms with van der Waals surface area (Å²) < 4.78 is 5.32. The molecule has 4 heteroatoms. The molecule has 0 saturated carbocycles. The number of fused-ring (bicyclic) bond motifs is 2. The number of carbonyl (C=O) groups is 1. The van der Waals surface area contributed by atoms with E-state index in [4.69, 9.17) is 4.74 Å². The second-order valence-electron chi connectivity index (χ2n) is 5.13. The predicted octanol–water partition coefficient (Wildman–Crippen LogP) is 1.47. The van der Waals surface area contributed by atoms with Crippen LogP contribution >= 0.6 is 0 Å². The largest absolute Gasteiger partial charge is 0.443 e. The van der Waals surface area contributed by atoms with Crippen molar-refractivity contribution in [1.82, 2.24) is 10.0 Å². The van der Waals surface area contributed by atoms with E-state index in [1.54, 1.807) is 5.01 Å². The monoisotopic (exact) mass is 198 g/mol. The molecular formula is C10H18N2O2. The molecule has 0 N–H and O–H groups in total. The summed E-state index contributed by atoms with van der Waals surface area (Å²) in [5, 5.41) is 3.85. The van der Waals surface area contributed by atoms with Crippen molar-refractivity contribution in [2.75, 3.05) is 19.6 Å². The summed E-state index contributed by atoms with van der Waals surface area (Å²) in [6.45, 7) is 8.57. The van der Waals surface area contributed by atoms with Crippen molar-refractivity contribution in [2.45, 2.75) is 32.8 Å². The molecule has 0 aromatic carbocycles. The normalized spacial score (nSPS) is 30.9. The Kier molecular flexibility index (Phi) is 2.18. The molecule has 4 nitrogen and oxygen atoms in total. The zero-order valence-electron chi connectivity index (χ0n) is 9.12. The summed E-state index contributed by atoms with van der Waals surface area (Å²) in [5.41, 5.74) is -0.389. The number of amides is 1. The lowest BCUT2D eigenvalue weighted by Gasteiger charge is -2.31. The van der Waals surface area contributed by atoms with Crippen molar-refractivity contribution in [2.24, 2.45) is 5.92 Å². The topological polar surface area (TPSA) is 32.8 Å². The molecule has 2 saturated heterocycles. The SMILES string of the molecule is CC(C)(C)OC(=O)N1C[C@H]2CCN1C2. The first-order chi connectivity index (χ1) is 6.46. The van der Waals surface area contributed by atoms with Crippen LogP contribution in [0.1, 0.15) is 27.2 Å². The van der Waals surface area contributed by atoms with Gasteiger partial charge in [0.15, 0.2) is 0 Å². The van der Waals surface area contributed by atoms with Gasteiger partial charge in [0, 0.05) is 19.6 Å². The third-order valence-corrected chi connectivity index (χ3v) is 2.64. The van der Waals surface area contributed by atoms with Crippen LogP contribution in [0.5, 0.6) is 0 Å². The Labute approximate surface area is 84.8 Å². The van der Waals surface area contributed by atoms with Gasteiger partial charge in [0.2, 0.25) is 0 Å². The minimum Gasteiger partial charge on any atom is -0.443 e. The molecule has 1 unspecified atom stereocenters. The summed E-state index contributed by atoms with van der Waals surface area (Å²) in [6.07, 6.45) is 1.03. The highest BCUT2D eigenvalue weighted by molar-refractivity contribution is 5.68. The second kappa shape index (κ2) is 3.12. The van der Waals surface area contributed by atoms with E-state index in [1.165, 1.54) is 6.42 Å². The molecule has 80 valence electrons. The summed E-state index contributed by atoms with van der Waals surface area (Å²) in [7, 11) is 0. The van der Waals surface area contributed by atoms with Crippen molar-refractivity contribution >= 4 is 6.09 Å². The van der Waals surface area contributed by atoms with Crippen molar-refractivity contribution in [3.05, 3.63) is 0 Å². The molecule has 2 rings (SSSR count). The van der Waals surface area contributed by atoms with Crippen LogP contribution in [0.25, 0.3) is 0 Å². The first kappa shape index (κ1) is 9.77. The Balaban J connectivity index is 1.93. The fourth-order valence-electron chi connectivity index (χ4n) is 2.05. The van der Waals surface area contributed by atoms with Crippen molar-refractivity contribution in [3.63, 3.8) is 0 Å². The summed E-state index contributed by atoms with van der Waals surface area (Å²) >= 11 is 0. The maximum absolute atomic E-state index is 11.7. The molecule has 0 aliphatic carbocycles. The van der Waals surface area contributed by atoms with Crippen LogP contribution in [0.3, 0.4) is 0 Å². The minimum atomic E-state index is -0.389. The lowest BCUT2D eigenvalue weighted by atomic mass is 10.1. The van der Waals surface area contributed by atoms with Crippen LogP contribution < -0.4 is 0 Å². The highest BCUT2D eigenvalue weighted by Crippen LogP contribution is 2.28. The van der Waals surface area contributed by atoms with Gasteiger partial charge in [-0.05, 0) is 33.1 Å². The highest BCUT2D eigenvalue weighted by atomic mass is 16.6. The van der Waals surface area contributed by atoms with Gasteiger partial charge in [0.1, 0.15) is 5.60 Å². The third kappa shape index (κ3) is 1.85. The number of hydrogen-bond acceptors (Lipinski definition) is 3. The Hall–Kier alpha value is -0.770. The Morgan fingerprint density at radius 1 is 1.36 bits per heavy atom. The molecule has 0 aromatic rings. The van der Waals surface area contributed by atoms with Crippen molar-refractivity contribution < 1.29 is 9.53 Å². The van der Waals surface area contributed by atoms with E-state index in [9.17, 15) is 4.79 Å². The predicted molar refractivity (Wildman–Crippen MR) is 52.6 cm³/mol. The van der Waals surface area contributed by atoms with Crippen LogP contribution in [0.4, 0.5) is 4.79 Å². The summed E-state index contributed by atoms with van der Waals surface area (Å²) in [5.74, 6) is 0.669. The number of rotatable bonds is 0. The Morgan fingerprint density at radius 2 is 2.07 bits per heavy atom. The van der Waals surface area contributed by atoms with Crippen molar-refractivity contribution in [3.8, 4) is 0 Å². The molecule has 2 fully saturated rings. The molecule has 14 heavy (non-hydrogen) atoms. The molecule has 0 aromatic heterocycles. The molecule has 2 atom stereocenters. The van der Waals surface area contributed by atoms with E-state index in [-0.39, 0.29) is 11.7 Å². The smallest absolute Gasteiger partial charge is 0.424 e. The Bertz CT molecular complexity index is 247. The number of carbonyl (C=O) groups excluding carboxylic acids is 1. The van der Waals surface area contributed by atoms with E-state index < -0.39 is 0 Å². The second-order valence-corrected chi connectivity index (χ2v) is 5.13. The molecule has 0 radical (unpaired) electrons. The fraction of sp³-hybridized carbons (Fsp3) is 0.900. The minimum absolute atomic E-state index is 0.195. The lowest BCUT2D eigenvalue weighted by molar-refractivity contribution is -0.0285. The molecule has 2 aliphatic heterocycles. The van der Waals surface area contributed by atoms with Gasteiger partial charge in [-0.15, -0.1) is 0 Å².